The van der Waals surface area contributed by atoms with Crippen LogP contribution in [0.1, 0.15) is 44.6 Å². The summed E-state index contributed by atoms with van der Waals surface area (Å²) in [5.74, 6) is -0.0406. The minimum absolute atomic E-state index is 0.0517. The number of benzene rings is 1. The Bertz CT molecular complexity index is 1050. The van der Waals surface area contributed by atoms with Crippen LogP contribution in [-0.2, 0) is 28.4 Å². The molecule has 136 valence electrons. The molecule has 0 fully saturated rings. The summed E-state index contributed by atoms with van der Waals surface area (Å²) in [6, 6.07) is 5.70. The molecule has 0 spiro atoms. The summed E-state index contributed by atoms with van der Waals surface area (Å²) in [6.07, 6.45) is 1.19. The minimum Gasteiger partial charge on any atom is -0.431 e. The highest BCUT2D eigenvalue weighted by Gasteiger charge is 2.42. The quantitative estimate of drug-likeness (QED) is 0.738. The molecule has 2 aromatic rings. The average Bonchev–Trinajstić information content (AvgIpc) is 2.76. The molecule has 6 nitrogen and oxygen atoms in total. The van der Waals surface area contributed by atoms with Gasteiger partial charge in [-0.3, -0.25) is 18.7 Å². The Morgan fingerprint density at radius 3 is 2.46 bits per heavy atom. The summed E-state index contributed by atoms with van der Waals surface area (Å²) >= 11 is 0. The molecule has 1 aliphatic carbocycles. The molecule has 2 aliphatic rings. The predicted octanol–water partition coefficient (Wildman–Crippen LogP) is 2.55. The fourth-order valence-corrected chi connectivity index (χ4v) is 4.23. The molecule has 0 N–H and O–H groups in total. The lowest BCUT2D eigenvalue weighted by Gasteiger charge is -2.36. The van der Waals surface area contributed by atoms with E-state index in [4.69, 9.17) is 4.74 Å². The van der Waals surface area contributed by atoms with E-state index in [0.717, 1.165) is 16.6 Å². The third-order valence-corrected chi connectivity index (χ3v) is 5.53. The lowest BCUT2D eigenvalue weighted by Crippen LogP contribution is -2.33. The standard InChI is InChI=1S/C20H22N2O4/c1-20(2)9-15(23)18-12(8-17(24)26-16(18)10-20)11-5-6-13-14(7-11)22(4)19(25)21(13)3/h5-7,12H,8-10H2,1-4H3/t12-/m0/s1. The van der Waals surface area contributed by atoms with Gasteiger partial charge in [0, 0.05) is 38.4 Å². The Labute approximate surface area is 151 Å². The summed E-state index contributed by atoms with van der Waals surface area (Å²) in [5.41, 5.74) is 2.81. The Morgan fingerprint density at radius 2 is 1.73 bits per heavy atom. The number of aryl methyl sites for hydroxylation is 2. The summed E-state index contributed by atoms with van der Waals surface area (Å²) < 4.78 is 8.62. The summed E-state index contributed by atoms with van der Waals surface area (Å²) in [4.78, 5) is 37.2. The number of imidazole rings is 1. The summed E-state index contributed by atoms with van der Waals surface area (Å²) in [7, 11) is 3.46. The van der Waals surface area contributed by atoms with E-state index in [2.05, 4.69) is 0 Å². The molecule has 0 unspecified atom stereocenters. The number of hydrogen-bond donors (Lipinski definition) is 0. The highest BCUT2D eigenvalue weighted by Crippen LogP contribution is 2.46. The van der Waals surface area contributed by atoms with Gasteiger partial charge in [0.2, 0.25) is 0 Å². The van der Waals surface area contributed by atoms with Gasteiger partial charge >= 0.3 is 11.7 Å². The fourth-order valence-electron chi connectivity index (χ4n) is 4.23. The number of aromatic nitrogens is 2. The van der Waals surface area contributed by atoms with Crippen molar-refractivity contribution in [2.75, 3.05) is 0 Å². The van der Waals surface area contributed by atoms with Gasteiger partial charge in [-0.05, 0) is 23.1 Å². The van der Waals surface area contributed by atoms with Crippen molar-refractivity contribution in [1.82, 2.24) is 9.13 Å². The molecule has 26 heavy (non-hydrogen) atoms. The molecule has 1 aromatic heterocycles. The van der Waals surface area contributed by atoms with Crippen molar-refractivity contribution in [3.63, 3.8) is 0 Å². The van der Waals surface area contributed by atoms with Crippen LogP contribution in [0.25, 0.3) is 11.0 Å². The van der Waals surface area contributed by atoms with Crippen molar-refractivity contribution in [3.05, 3.63) is 45.6 Å². The van der Waals surface area contributed by atoms with Gasteiger partial charge in [-0.2, -0.15) is 0 Å². The van der Waals surface area contributed by atoms with Crippen molar-refractivity contribution in [2.45, 2.75) is 39.0 Å². The van der Waals surface area contributed by atoms with Gasteiger partial charge in [0.1, 0.15) is 5.76 Å². The first kappa shape index (κ1) is 16.8. The Balaban J connectivity index is 1.88. The van der Waals surface area contributed by atoms with E-state index in [1.165, 1.54) is 0 Å². The second-order valence-corrected chi connectivity index (χ2v) is 8.16. The monoisotopic (exact) mass is 354 g/mol. The molecule has 0 amide bonds. The molecule has 4 rings (SSSR count). The van der Waals surface area contributed by atoms with Crippen LogP contribution >= 0.6 is 0 Å². The van der Waals surface area contributed by atoms with Crippen molar-refractivity contribution in [1.29, 1.82) is 0 Å². The maximum absolute atomic E-state index is 12.8. The van der Waals surface area contributed by atoms with Gasteiger partial charge in [0.25, 0.3) is 0 Å². The van der Waals surface area contributed by atoms with Crippen molar-refractivity contribution >= 4 is 22.8 Å². The second-order valence-electron chi connectivity index (χ2n) is 8.16. The third kappa shape index (κ3) is 2.43. The molecule has 0 saturated heterocycles. The van der Waals surface area contributed by atoms with Crippen LogP contribution in [-0.4, -0.2) is 20.9 Å². The number of rotatable bonds is 1. The number of ketones is 1. The lowest BCUT2D eigenvalue weighted by molar-refractivity contribution is -0.142. The highest BCUT2D eigenvalue weighted by molar-refractivity contribution is 6.00. The number of ether oxygens (including phenoxy) is 1. The molecule has 2 heterocycles. The van der Waals surface area contributed by atoms with Crippen LogP contribution < -0.4 is 5.69 Å². The molecule has 0 saturated carbocycles. The summed E-state index contributed by atoms with van der Waals surface area (Å²) in [6.45, 7) is 4.02. The minimum atomic E-state index is -0.311. The van der Waals surface area contributed by atoms with Crippen molar-refractivity contribution in [3.8, 4) is 0 Å². The number of fused-ring (bicyclic) bond motifs is 1. The molecular weight excluding hydrogens is 332 g/mol. The lowest BCUT2D eigenvalue weighted by atomic mass is 9.71. The normalized spacial score (nSPS) is 22.5. The van der Waals surface area contributed by atoms with Crippen molar-refractivity contribution in [2.24, 2.45) is 19.5 Å². The van der Waals surface area contributed by atoms with Gasteiger partial charge in [-0.15, -0.1) is 0 Å². The molecule has 1 atom stereocenters. The van der Waals surface area contributed by atoms with Gasteiger partial charge in [0.15, 0.2) is 5.78 Å². The van der Waals surface area contributed by atoms with Crippen LogP contribution in [0.4, 0.5) is 0 Å². The van der Waals surface area contributed by atoms with E-state index in [1.54, 1.807) is 23.2 Å². The zero-order valence-electron chi connectivity index (χ0n) is 15.5. The highest BCUT2D eigenvalue weighted by atomic mass is 16.5. The van der Waals surface area contributed by atoms with Crippen molar-refractivity contribution < 1.29 is 14.3 Å². The van der Waals surface area contributed by atoms with Crippen LogP contribution in [0.2, 0.25) is 0 Å². The molecular formula is C20H22N2O4. The van der Waals surface area contributed by atoms with E-state index < -0.39 is 0 Å². The van der Waals surface area contributed by atoms with Gasteiger partial charge in [-0.1, -0.05) is 19.9 Å². The second kappa shape index (κ2) is 5.43. The first-order valence-corrected chi connectivity index (χ1v) is 8.80. The number of Topliss-reactive ketones (excluding diaryl/α,β-unsaturated/α-hetero) is 1. The Kier molecular flexibility index (Phi) is 3.51. The number of allylic oxidation sites excluding steroid dienone is 2. The van der Waals surface area contributed by atoms with Gasteiger partial charge < -0.3 is 4.74 Å². The number of carbonyl (C=O) groups is 2. The van der Waals surface area contributed by atoms with Gasteiger partial charge in [0.05, 0.1) is 17.5 Å². The van der Waals surface area contributed by atoms with Crippen LogP contribution in [0.3, 0.4) is 0 Å². The topological polar surface area (TPSA) is 70.3 Å². The Morgan fingerprint density at radius 1 is 1.04 bits per heavy atom. The maximum atomic E-state index is 12.8. The molecule has 0 radical (unpaired) electrons. The predicted molar refractivity (Wildman–Crippen MR) is 96.7 cm³/mol. The maximum Gasteiger partial charge on any atom is 0.328 e. The third-order valence-electron chi connectivity index (χ3n) is 5.53. The summed E-state index contributed by atoms with van der Waals surface area (Å²) in [5, 5.41) is 0. The van der Waals surface area contributed by atoms with E-state index >= 15 is 0 Å². The molecule has 1 aromatic carbocycles. The molecule has 1 aliphatic heterocycles. The number of nitrogens with zero attached hydrogens (tertiary/aromatic N) is 2. The van der Waals surface area contributed by atoms with Crippen LogP contribution in [0, 0.1) is 5.41 Å². The zero-order valence-corrected chi connectivity index (χ0v) is 15.5. The van der Waals surface area contributed by atoms with E-state index in [9.17, 15) is 14.4 Å². The average molecular weight is 354 g/mol. The first-order valence-electron chi connectivity index (χ1n) is 8.80. The van der Waals surface area contributed by atoms with Gasteiger partial charge in [-0.25, -0.2) is 4.79 Å². The van der Waals surface area contributed by atoms with Crippen LogP contribution in [0.15, 0.2) is 34.3 Å². The fraction of sp³-hybridized carbons (Fsp3) is 0.450. The number of carbonyl (C=O) groups excluding carboxylic acids is 2. The SMILES string of the molecule is Cn1c(=O)n(C)c2cc([C@@H]3CC(=O)OC4=C3C(=O)CC(C)(C)C4)ccc21. The first-order chi connectivity index (χ1) is 12.2. The van der Waals surface area contributed by atoms with E-state index in [-0.39, 0.29) is 35.2 Å². The Hall–Kier alpha value is -2.63. The molecule has 6 heteroatoms. The number of hydrogen-bond acceptors (Lipinski definition) is 4. The van der Waals surface area contributed by atoms with Crippen LogP contribution in [0.5, 0.6) is 0 Å². The van der Waals surface area contributed by atoms with E-state index in [0.29, 0.717) is 24.2 Å². The molecule has 0 bridgehead atoms. The number of esters is 1. The zero-order chi connectivity index (χ0) is 18.8. The van der Waals surface area contributed by atoms with E-state index in [1.807, 2.05) is 32.0 Å². The smallest absolute Gasteiger partial charge is 0.328 e. The largest absolute Gasteiger partial charge is 0.431 e.